The standard InChI is InChI=1S/C27H31NO2.C2H2O4/c1-28(20-18-22-16-17-26(29-2)27(21-22)30-3)19-10-15-25(23-11-6-4-7-12-23)24-13-8-5-9-14-24;3-1(4)2(5)6/h4-9,11-17,21H,10,18-20H2,1-3H3;(H,3,4)(H,5,6)/p-2. The van der Waals surface area contributed by atoms with Crippen LogP contribution < -0.4 is 19.7 Å². The van der Waals surface area contributed by atoms with Gasteiger partial charge in [0.2, 0.25) is 0 Å². The molecule has 0 heterocycles. The van der Waals surface area contributed by atoms with Gasteiger partial charge >= 0.3 is 0 Å². The molecule has 0 atom stereocenters. The summed E-state index contributed by atoms with van der Waals surface area (Å²) in [5.74, 6) is -2.81. The van der Waals surface area contributed by atoms with E-state index in [1.165, 1.54) is 22.3 Å². The van der Waals surface area contributed by atoms with Crippen molar-refractivity contribution in [3.63, 3.8) is 0 Å². The van der Waals surface area contributed by atoms with Gasteiger partial charge in [0.1, 0.15) is 0 Å². The van der Waals surface area contributed by atoms with Crippen molar-refractivity contribution in [2.24, 2.45) is 0 Å². The number of hydrogen-bond donors (Lipinski definition) is 0. The van der Waals surface area contributed by atoms with Gasteiger partial charge in [-0.2, -0.15) is 0 Å². The summed E-state index contributed by atoms with van der Waals surface area (Å²) in [6.07, 6.45) is 4.34. The van der Waals surface area contributed by atoms with Gasteiger partial charge in [0, 0.05) is 13.1 Å². The molecule has 0 N–H and O–H groups in total. The molecule has 0 amide bonds. The van der Waals surface area contributed by atoms with Gasteiger partial charge in [-0.25, -0.2) is 0 Å². The van der Waals surface area contributed by atoms with Crippen LogP contribution in [-0.4, -0.2) is 51.2 Å². The molecular formula is C29H31NO6-2. The highest BCUT2D eigenvalue weighted by atomic mass is 16.5. The molecule has 3 aromatic carbocycles. The van der Waals surface area contributed by atoms with Gasteiger partial charge in [-0.15, -0.1) is 0 Å². The Bertz CT molecular complexity index is 1080. The zero-order valence-electron chi connectivity index (χ0n) is 20.8. The molecule has 0 aliphatic carbocycles. The number of likely N-dealkylation sites (N-methyl/N-ethyl adjacent to an activating group) is 1. The molecule has 0 radical (unpaired) electrons. The number of carbonyl (C=O) groups is 2. The number of carboxylic acid groups (broad SMARTS) is 2. The minimum absolute atomic E-state index is 0.772. The second-order valence-corrected chi connectivity index (χ2v) is 7.96. The van der Waals surface area contributed by atoms with Gasteiger partial charge in [-0.1, -0.05) is 72.8 Å². The summed E-state index contributed by atoms with van der Waals surface area (Å²) in [5.41, 5.74) is 5.07. The average molecular weight is 490 g/mol. The topological polar surface area (TPSA) is 102 Å². The molecule has 7 heteroatoms. The fraction of sp³-hybridized carbons (Fsp3) is 0.241. The van der Waals surface area contributed by atoms with E-state index in [4.69, 9.17) is 29.3 Å². The molecule has 0 unspecified atom stereocenters. The fourth-order valence-electron chi connectivity index (χ4n) is 3.53. The number of hydrogen-bond acceptors (Lipinski definition) is 7. The largest absolute Gasteiger partial charge is 0.543 e. The Hall–Kier alpha value is -4.10. The van der Waals surface area contributed by atoms with E-state index in [0.29, 0.717) is 0 Å². The van der Waals surface area contributed by atoms with Crippen molar-refractivity contribution in [3.8, 4) is 11.5 Å². The van der Waals surface area contributed by atoms with E-state index in [1.807, 2.05) is 6.07 Å². The lowest BCUT2D eigenvalue weighted by atomic mass is 9.97. The van der Waals surface area contributed by atoms with E-state index in [-0.39, 0.29) is 0 Å². The van der Waals surface area contributed by atoms with Crippen LogP contribution in [0.1, 0.15) is 23.1 Å². The second kappa shape index (κ2) is 15.0. The summed E-state index contributed by atoms with van der Waals surface area (Å²) < 4.78 is 10.7. The van der Waals surface area contributed by atoms with Crippen molar-refractivity contribution in [3.05, 3.63) is 102 Å². The van der Waals surface area contributed by atoms with E-state index in [0.717, 1.165) is 37.4 Å². The van der Waals surface area contributed by atoms with Crippen LogP contribution in [-0.2, 0) is 16.0 Å². The number of methoxy groups -OCH3 is 2. The molecule has 0 bridgehead atoms. The first-order valence-electron chi connectivity index (χ1n) is 11.5. The van der Waals surface area contributed by atoms with Crippen LogP contribution in [0.3, 0.4) is 0 Å². The Labute approximate surface area is 212 Å². The van der Waals surface area contributed by atoms with Crippen molar-refractivity contribution in [1.29, 1.82) is 0 Å². The van der Waals surface area contributed by atoms with Gasteiger partial charge in [0.25, 0.3) is 0 Å². The Morgan fingerprint density at radius 1 is 0.778 bits per heavy atom. The molecule has 36 heavy (non-hydrogen) atoms. The smallest absolute Gasteiger partial charge is 0.160 e. The molecule has 0 aliphatic rings. The Balaban J connectivity index is 0.000000678. The normalized spacial score (nSPS) is 10.1. The second-order valence-electron chi connectivity index (χ2n) is 7.96. The molecule has 0 fully saturated rings. The van der Waals surface area contributed by atoms with Crippen LogP contribution in [0.15, 0.2) is 84.9 Å². The number of nitrogens with zero attached hydrogens (tertiary/aromatic N) is 1. The molecule has 0 saturated carbocycles. The molecule has 0 aromatic heterocycles. The zero-order valence-corrected chi connectivity index (χ0v) is 20.8. The number of carboxylic acids is 2. The summed E-state index contributed by atoms with van der Waals surface area (Å²) in [4.78, 5) is 20.2. The minimum atomic E-state index is -2.19. The van der Waals surface area contributed by atoms with Gasteiger partial charge in [0.15, 0.2) is 11.5 Å². The molecule has 0 aliphatic heterocycles. The van der Waals surface area contributed by atoms with E-state index >= 15 is 0 Å². The molecule has 0 spiro atoms. The van der Waals surface area contributed by atoms with Gasteiger partial charge in [-0.05, 0) is 54.3 Å². The van der Waals surface area contributed by atoms with Crippen LogP contribution in [0.4, 0.5) is 0 Å². The van der Waals surface area contributed by atoms with E-state index in [9.17, 15) is 0 Å². The highest BCUT2D eigenvalue weighted by molar-refractivity contribution is 6.25. The highest BCUT2D eigenvalue weighted by Gasteiger charge is 2.07. The van der Waals surface area contributed by atoms with Gasteiger partial charge < -0.3 is 34.2 Å². The SMILES string of the molecule is COc1ccc(CCN(C)CCC=C(c2ccccc2)c2ccccc2)cc1OC.O=C([O-])C(=O)[O-]. The van der Waals surface area contributed by atoms with Crippen molar-refractivity contribution in [2.45, 2.75) is 12.8 Å². The maximum absolute atomic E-state index is 8.93. The minimum Gasteiger partial charge on any atom is -0.543 e. The number of aliphatic carboxylic acids is 2. The first kappa shape index (κ1) is 28.1. The Morgan fingerprint density at radius 2 is 1.31 bits per heavy atom. The maximum Gasteiger partial charge on any atom is 0.160 e. The van der Waals surface area contributed by atoms with Crippen LogP contribution >= 0.6 is 0 Å². The van der Waals surface area contributed by atoms with Crippen molar-refractivity contribution >= 4 is 17.5 Å². The Morgan fingerprint density at radius 3 is 1.78 bits per heavy atom. The van der Waals surface area contributed by atoms with Crippen LogP contribution in [0, 0.1) is 0 Å². The lowest BCUT2D eigenvalue weighted by Gasteiger charge is -2.17. The van der Waals surface area contributed by atoms with E-state index in [2.05, 4.69) is 90.8 Å². The lowest BCUT2D eigenvalue weighted by Crippen LogP contribution is -2.42. The van der Waals surface area contributed by atoms with E-state index < -0.39 is 11.9 Å². The third kappa shape index (κ3) is 9.27. The summed E-state index contributed by atoms with van der Waals surface area (Å²) in [6, 6.07) is 27.4. The van der Waals surface area contributed by atoms with Crippen LogP contribution in [0.25, 0.3) is 5.57 Å². The predicted octanol–water partition coefficient (Wildman–Crippen LogP) is 2.19. The van der Waals surface area contributed by atoms with Crippen LogP contribution in [0.2, 0.25) is 0 Å². The summed E-state index contributed by atoms with van der Waals surface area (Å²) >= 11 is 0. The van der Waals surface area contributed by atoms with E-state index in [1.54, 1.807) is 14.2 Å². The third-order valence-corrected chi connectivity index (χ3v) is 5.43. The average Bonchev–Trinajstić information content (AvgIpc) is 2.91. The molecule has 3 rings (SSSR count). The third-order valence-electron chi connectivity index (χ3n) is 5.43. The molecule has 190 valence electrons. The maximum atomic E-state index is 8.93. The first-order chi connectivity index (χ1) is 17.3. The van der Waals surface area contributed by atoms with Crippen molar-refractivity contribution in [1.82, 2.24) is 4.90 Å². The fourth-order valence-corrected chi connectivity index (χ4v) is 3.53. The zero-order chi connectivity index (χ0) is 26.3. The number of ether oxygens (including phenoxy) is 2. The quantitative estimate of drug-likeness (QED) is 0.402. The molecule has 0 saturated heterocycles. The van der Waals surface area contributed by atoms with Gasteiger partial charge in [0.05, 0.1) is 26.2 Å². The monoisotopic (exact) mass is 489 g/mol. The summed E-state index contributed by atoms with van der Waals surface area (Å²) in [5, 5.41) is 17.9. The number of benzene rings is 3. The summed E-state index contributed by atoms with van der Waals surface area (Å²) in [7, 11) is 5.52. The number of carbonyl (C=O) groups excluding carboxylic acids is 2. The molecular weight excluding hydrogens is 458 g/mol. The predicted molar refractivity (Wildman–Crippen MR) is 135 cm³/mol. The summed E-state index contributed by atoms with van der Waals surface area (Å²) in [6.45, 7) is 2.01. The lowest BCUT2D eigenvalue weighted by molar-refractivity contribution is -0.345. The Kier molecular flexibility index (Phi) is 11.7. The van der Waals surface area contributed by atoms with Gasteiger partial charge in [-0.3, -0.25) is 0 Å². The van der Waals surface area contributed by atoms with Crippen molar-refractivity contribution < 1.29 is 29.3 Å². The molecule has 3 aromatic rings. The number of rotatable bonds is 10. The highest BCUT2D eigenvalue weighted by Crippen LogP contribution is 2.28. The van der Waals surface area contributed by atoms with Crippen molar-refractivity contribution in [2.75, 3.05) is 34.4 Å². The van der Waals surface area contributed by atoms with Crippen LogP contribution in [0.5, 0.6) is 11.5 Å². The first-order valence-corrected chi connectivity index (χ1v) is 11.5. The molecule has 7 nitrogen and oxygen atoms in total.